The van der Waals surface area contributed by atoms with E-state index in [-0.39, 0.29) is 23.6 Å². The zero-order chi connectivity index (χ0) is 22.8. The third-order valence-electron chi connectivity index (χ3n) is 5.82. The lowest BCUT2D eigenvalue weighted by molar-refractivity contribution is -0.141. The maximum absolute atomic E-state index is 13.6. The third-order valence-corrected chi connectivity index (χ3v) is 5.82. The largest absolute Gasteiger partial charge is 0.435 e. The molecule has 0 saturated heterocycles. The van der Waals surface area contributed by atoms with Crippen molar-refractivity contribution in [2.75, 3.05) is 12.3 Å². The molecule has 0 aliphatic heterocycles. The summed E-state index contributed by atoms with van der Waals surface area (Å²) in [6, 6.07) is 3.77. The van der Waals surface area contributed by atoms with Gasteiger partial charge in [0.2, 0.25) is 0 Å². The molecule has 1 aliphatic carbocycles. The molecule has 32 heavy (non-hydrogen) atoms. The van der Waals surface area contributed by atoms with Crippen LogP contribution in [0.15, 0.2) is 43.1 Å². The van der Waals surface area contributed by atoms with E-state index in [0.717, 1.165) is 48.5 Å². The first-order chi connectivity index (χ1) is 15.3. The van der Waals surface area contributed by atoms with Crippen molar-refractivity contribution >= 4 is 11.7 Å². The van der Waals surface area contributed by atoms with Crippen LogP contribution in [0.3, 0.4) is 0 Å². The van der Waals surface area contributed by atoms with E-state index in [9.17, 15) is 18.0 Å². The Morgan fingerprint density at radius 2 is 1.91 bits per heavy atom. The molecule has 11 heteroatoms. The number of pyridine rings is 1. The fourth-order valence-corrected chi connectivity index (χ4v) is 4.19. The number of anilines is 1. The number of nitrogens with one attached hydrogen (secondary N) is 1. The summed E-state index contributed by atoms with van der Waals surface area (Å²) >= 11 is 0. The van der Waals surface area contributed by atoms with Crippen molar-refractivity contribution in [2.45, 2.75) is 43.7 Å². The van der Waals surface area contributed by atoms with Gasteiger partial charge < -0.3 is 11.1 Å². The van der Waals surface area contributed by atoms with Crippen LogP contribution in [0, 0.1) is 0 Å². The average molecular weight is 445 g/mol. The van der Waals surface area contributed by atoms with Gasteiger partial charge in [-0.1, -0.05) is 25.3 Å². The summed E-state index contributed by atoms with van der Waals surface area (Å²) in [5.41, 5.74) is 4.41. The molecule has 0 bridgehead atoms. The van der Waals surface area contributed by atoms with Gasteiger partial charge in [0.1, 0.15) is 0 Å². The SMILES string of the molecule is Nc1nccnc1-n1cc(C(=O)NCC2(c3cccnc3)CCCCC2)c(C(F)(F)F)n1. The molecule has 0 radical (unpaired) electrons. The van der Waals surface area contributed by atoms with Crippen molar-refractivity contribution in [2.24, 2.45) is 0 Å². The summed E-state index contributed by atoms with van der Waals surface area (Å²) in [4.78, 5) is 24.8. The summed E-state index contributed by atoms with van der Waals surface area (Å²) in [5, 5.41) is 6.25. The van der Waals surface area contributed by atoms with E-state index in [1.807, 2.05) is 12.1 Å². The van der Waals surface area contributed by atoms with Crippen LogP contribution in [-0.2, 0) is 11.6 Å². The molecule has 0 unspecified atom stereocenters. The molecule has 1 fully saturated rings. The van der Waals surface area contributed by atoms with Gasteiger partial charge in [0.15, 0.2) is 17.3 Å². The summed E-state index contributed by atoms with van der Waals surface area (Å²) in [6.45, 7) is 0.202. The molecule has 3 aromatic heterocycles. The Hall–Kier alpha value is -3.50. The highest BCUT2D eigenvalue weighted by Crippen LogP contribution is 2.39. The molecule has 0 aromatic carbocycles. The van der Waals surface area contributed by atoms with E-state index in [2.05, 4.69) is 25.4 Å². The Labute approximate surface area is 182 Å². The van der Waals surface area contributed by atoms with Crippen LogP contribution in [0.5, 0.6) is 0 Å². The Balaban J connectivity index is 1.63. The first kappa shape index (κ1) is 21.7. The zero-order valence-electron chi connectivity index (χ0n) is 17.1. The van der Waals surface area contributed by atoms with E-state index in [0.29, 0.717) is 0 Å². The van der Waals surface area contributed by atoms with E-state index in [4.69, 9.17) is 5.73 Å². The van der Waals surface area contributed by atoms with Gasteiger partial charge in [-0.25, -0.2) is 14.6 Å². The van der Waals surface area contributed by atoms with Crippen LogP contribution < -0.4 is 11.1 Å². The predicted octanol–water partition coefficient (Wildman–Crippen LogP) is 3.29. The summed E-state index contributed by atoms with van der Waals surface area (Å²) < 4.78 is 41.8. The zero-order valence-corrected chi connectivity index (χ0v) is 17.1. The fourth-order valence-electron chi connectivity index (χ4n) is 4.19. The van der Waals surface area contributed by atoms with Crippen molar-refractivity contribution in [1.82, 2.24) is 30.0 Å². The standard InChI is InChI=1S/C21H22F3N7O/c22-21(23,24)16-15(12-31(30-16)18-17(25)27-9-10-28-18)19(32)29-13-20(6-2-1-3-7-20)14-5-4-8-26-11-14/h4-5,8-12H,1-3,6-7,13H2,(H2,25,27)(H,29,32). The van der Waals surface area contributed by atoms with Gasteiger partial charge >= 0.3 is 6.18 Å². The van der Waals surface area contributed by atoms with Gasteiger partial charge in [0, 0.05) is 42.9 Å². The second kappa shape index (κ2) is 8.56. The van der Waals surface area contributed by atoms with E-state index in [1.165, 1.54) is 12.4 Å². The number of hydrogen-bond donors (Lipinski definition) is 2. The Kier molecular flexibility index (Phi) is 5.81. The number of nitrogens with zero attached hydrogens (tertiary/aromatic N) is 5. The third kappa shape index (κ3) is 4.27. The number of carbonyl (C=O) groups excluding carboxylic acids is 1. The summed E-state index contributed by atoms with van der Waals surface area (Å²) in [7, 11) is 0. The van der Waals surface area contributed by atoms with Crippen LogP contribution in [0.1, 0.15) is 53.7 Å². The first-order valence-corrected chi connectivity index (χ1v) is 10.2. The maximum Gasteiger partial charge on any atom is 0.435 e. The highest BCUT2D eigenvalue weighted by atomic mass is 19.4. The molecule has 3 N–H and O–H groups in total. The minimum Gasteiger partial charge on any atom is -0.381 e. The van der Waals surface area contributed by atoms with E-state index in [1.54, 1.807) is 12.4 Å². The van der Waals surface area contributed by atoms with Gasteiger partial charge in [0.25, 0.3) is 5.91 Å². The van der Waals surface area contributed by atoms with Crippen molar-refractivity contribution in [3.8, 4) is 5.82 Å². The van der Waals surface area contributed by atoms with Crippen molar-refractivity contribution in [3.05, 3.63) is 59.9 Å². The second-order valence-corrected chi connectivity index (χ2v) is 7.86. The van der Waals surface area contributed by atoms with Crippen LogP contribution in [0.25, 0.3) is 5.82 Å². The van der Waals surface area contributed by atoms with Gasteiger partial charge in [0.05, 0.1) is 5.56 Å². The number of alkyl halides is 3. The molecule has 3 heterocycles. The van der Waals surface area contributed by atoms with E-state index >= 15 is 0 Å². The van der Waals surface area contributed by atoms with Gasteiger partial charge in [-0.3, -0.25) is 9.78 Å². The number of amides is 1. The highest BCUT2D eigenvalue weighted by molar-refractivity contribution is 5.95. The molecule has 4 rings (SSSR count). The van der Waals surface area contributed by atoms with Crippen molar-refractivity contribution < 1.29 is 18.0 Å². The molecule has 8 nitrogen and oxygen atoms in total. The van der Waals surface area contributed by atoms with Crippen LogP contribution >= 0.6 is 0 Å². The lowest BCUT2D eigenvalue weighted by atomic mass is 9.70. The molecule has 1 aliphatic rings. The normalized spacial score (nSPS) is 16.0. The van der Waals surface area contributed by atoms with Gasteiger partial charge in [-0.2, -0.15) is 18.3 Å². The molecular weight excluding hydrogens is 423 g/mol. The minimum absolute atomic E-state index is 0.0869. The number of aromatic nitrogens is 5. The molecule has 1 amide bonds. The predicted molar refractivity (Wildman–Crippen MR) is 110 cm³/mol. The highest BCUT2D eigenvalue weighted by Gasteiger charge is 2.40. The number of nitrogens with two attached hydrogens (primary N) is 1. The van der Waals surface area contributed by atoms with Crippen molar-refractivity contribution in [1.29, 1.82) is 0 Å². The van der Waals surface area contributed by atoms with Gasteiger partial charge in [-0.15, -0.1) is 0 Å². The molecule has 1 saturated carbocycles. The monoisotopic (exact) mass is 445 g/mol. The van der Waals surface area contributed by atoms with Crippen LogP contribution in [0.2, 0.25) is 0 Å². The average Bonchev–Trinajstić information content (AvgIpc) is 3.25. The lowest BCUT2D eigenvalue weighted by Gasteiger charge is -2.37. The summed E-state index contributed by atoms with van der Waals surface area (Å²) in [5.74, 6) is -1.05. The number of carbonyl (C=O) groups is 1. The van der Waals surface area contributed by atoms with Crippen LogP contribution in [0.4, 0.5) is 19.0 Å². The Morgan fingerprint density at radius 1 is 1.16 bits per heavy atom. The molecule has 0 atom stereocenters. The number of nitrogen functional groups attached to an aromatic ring is 1. The summed E-state index contributed by atoms with van der Waals surface area (Å²) in [6.07, 6.45) is 6.83. The smallest absolute Gasteiger partial charge is 0.381 e. The minimum atomic E-state index is -4.83. The van der Waals surface area contributed by atoms with Gasteiger partial charge in [-0.05, 0) is 24.5 Å². The Bertz CT molecular complexity index is 1090. The number of hydrogen-bond acceptors (Lipinski definition) is 6. The molecule has 0 spiro atoms. The maximum atomic E-state index is 13.6. The lowest BCUT2D eigenvalue weighted by Crippen LogP contribution is -2.42. The fraction of sp³-hybridized carbons (Fsp3) is 0.381. The second-order valence-electron chi connectivity index (χ2n) is 7.86. The quantitative estimate of drug-likeness (QED) is 0.623. The topological polar surface area (TPSA) is 112 Å². The van der Waals surface area contributed by atoms with Crippen LogP contribution in [-0.4, -0.2) is 37.2 Å². The van der Waals surface area contributed by atoms with Crippen molar-refractivity contribution in [3.63, 3.8) is 0 Å². The molecule has 168 valence electrons. The number of halogens is 3. The van der Waals surface area contributed by atoms with E-state index < -0.39 is 23.3 Å². The Morgan fingerprint density at radius 3 is 2.56 bits per heavy atom. The molecular formula is C21H22F3N7O. The first-order valence-electron chi connectivity index (χ1n) is 10.2. The number of rotatable bonds is 5. The molecule has 3 aromatic rings.